The number of hydrogen-bond donors (Lipinski definition) is 1. The Labute approximate surface area is 125 Å². The first-order chi connectivity index (χ1) is 10.2. The van der Waals surface area contributed by atoms with E-state index in [1.165, 1.54) is 0 Å². The second-order valence-corrected chi connectivity index (χ2v) is 5.60. The lowest BCUT2D eigenvalue weighted by molar-refractivity contribution is -0.129. The zero-order chi connectivity index (χ0) is 14.7. The number of piperidine rings is 1. The summed E-state index contributed by atoms with van der Waals surface area (Å²) in [5.74, 6) is 1.89. The number of rotatable bonds is 3. The molecule has 1 fully saturated rings. The highest BCUT2D eigenvalue weighted by Gasteiger charge is 2.21. The second-order valence-electron chi connectivity index (χ2n) is 5.60. The van der Waals surface area contributed by atoms with E-state index in [0.717, 1.165) is 49.5 Å². The average Bonchev–Trinajstić information content (AvgIpc) is 2.53. The molecule has 1 aromatic carbocycles. The van der Waals surface area contributed by atoms with E-state index in [2.05, 4.69) is 11.4 Å². The summed E-state index contributed by atoms with van der Waals surface area (Å²) in [6.45, 7) is 5.34. The van der Waals surface area contributed by atoms with Crippen LogP contribution < -0.4 is 14.8 Å². The highest BCUT2D eigenvalue weighted by atomic mass is 16.6. The summed E-state index contributed by atoms with van der Waals surface area (Å²) < 4.78 is 11.3. The molecule has 0 aromatic heterocycles. The monoisotopic (exact) mass is 290 g/mol. The van der Waals surface area contributed by atoms with E-state index < -0.39 is 0 Å². The SMILES string of the molecule is CC(=O)N1CCC(NCc2cccc3c2OCCO3)CC1. The molecule has 1 aromatic rings. The Morgan fingerprint density at radius 1 is 1.29 bits per heavy atom. The first kappa shape index (κ1) is 14.2. The molecule has 1 N–H and O–H groups in total. The first-order valence-corrected chi connectivity index (χ1v) is 7.60. The van der Waals surface area contributed by atoms with Gasteiger partial charge < -0.3 is 19.7 Å². The normalized spacial score (nSPS) is 18.6. The largest absolute Gasteiger partial charge is 0.486 e. The molecule has 0 aliphatic carbocycles. The number of carbonyl (C=O) groups excluding carboxylic acids is 1. The van der Waals surface area contributed by atoms with E-state index in [9.17, 15) is 4.79 Å². The van der Waals surface area contributed by atoms with E-state index >= 15 is 0 Å². The molecule has 0 unspecified atom stereocenters. The van der Waals surface area contributed by atoms with Crippen LogP contribution >= 0.6 is 0 Å². The average molecular weight is 290 g/mol. The summed E-state index contributed by atoms with van der Waals surface area (Å²) in [7, 11) is 0. The molecular formula is C16H22N2O3. The Kier molecular flexibility index (Phi) is 4.29. The van der Waals surface area contributed by atoms with E-state index in [0.29, 0.717) is 19.3 Å². The van der Waals surface area contributed by atoms with Gasteiger partial charge in [-0.05, 0) is 18.9 Å². The maximum Gasteiger partial charge on any atom is 0.219 e. The Hall–Kier alpha value is -1.75. The lowest BCUT2D eigenvalue weighted by atomic mass is 10.0. The fraction of sp³-hybridized carbons (Fsp3) is 0.562. The van der Waals surface area contributed by atoms with Crippen LogP contribution in [0.4, 0.5) is 0 Å². The molecule has 5 nitrogen and oxygen atoms in total. The zero-order valence-corrected chi connectivity index (χ0v) is 12.4. The van der Waals surface area contributed by atoms with Crippen LogP contribution in [0.25, 0.3) is 0 Å². The van der Waals surface area contributed by atoms with Crippen LogP contribution in [-0.4, -0.2) is 43.2 Å². The number of carbonyl (C=O) groups is 1. The number of para-hydroxylation sites is 1. The number of hydrogen-bond acceptors (Lipinski definition) is 4. The third kappa shape index (κ3) is 3.29. The predicted octanol–water partition coefficient (Wildman–Crippen LogP) is 1.56. The standard InChI is InChI=1S/C16H22N2O3/c1-12(19)18-7-5-14(6-8-18)17-11-13-3-2-4-15-16(13)21-10-9-20-15/h2-4,14,17H,5-11H2,1H3. The molecule has 2 aliphatic heterocycles. The molecule has 21 heavy (non-hydrogen) atoms. The summed E-state index contributed by atoms with van der Waals surface area (Å²) in [5, 5.41) is 3.57. The zero-order valence-electron chi connectivity index (χ0n) is 12.4. The lowest BCUT2D eigenvalue weighted by Crippen LogP contribution is -2.44. The first-order valence-electron chi connectivity index (χ1n) is 7.60. The van der Waals surface area contributed by atoms with Crippen molar-refractivity contribution >= 4 is 5.91 Å². The number of nitrogens with zero attached hydrogens (tertiary/aromatic N) is 1. The van der Waals surface area contributed by atoms with Gasteiger partial charge in [0.05, 0.1) is 0 Å². The number of ether oxygens (including phenoxy) is 2. The second kappa shape index (κ2) is 6.35. The topological polar surface area (TPSA) is 50.8 Å². The Morgan fingerprint density at radius 3 is 2.81 bits per heavy atom. The highest BCUT2D eigenvalue weighted by molar-refractivity contribution is 5.73. The number of nitrogens with one attached hydrogen (secondary N) is 1. The van der Waals surface area contributed by atoms with Crippen LogP contribution in [0.15, 0.2) is 18.2 Å². The summed E-state index contributed by atoms with van der Waals surface area (Å²) in [4.78, 5) is 13.2. The highest BCUT2D eigenvalue weighted by Crippen LogP contribution is 2.33. The molecular weight excluding hydrogens is 268 g/mol. The molecule has 2 aliphatic rings. The van der Waals surface area contributed by atoms with Gasteiger partial charge in [-0.1, -0.05) is 12.1 Å². The van der Waals surface area contributed by atoms with Crippen molar-refractivity contribution < 1.29 is 14.3 Å². The van der Waals surface area contributed by atoms with Crippen LogP contribution in [0.1, 0.15) is 25.3 Å². The smallest absolute Gasteiger partial charge is 0.219 e. The van der Waals surface area contributed by atoms with Crippen LogP contribution in [0.3, 0.4) is 0 Å². The van der Waals surface area contributed by atoms with E-state index in [1.807, 2.05) is 17.0 Å². The quantitative estimate of drug-likeness (QED) is 0.918. The van der Waals surface area contributed by atoms with Crippen molar-refractivity contribution in [3.8, 4) is 11.5 Å². The van der Waals surface area contributed by atoms with E-state index in [4.69, 9.17) is 9.47 Å². The Bertz CT molecular complexity index is 510. The van der Waals surface area contributed by atoms with Crippen molar-refractivity contribution in [2.24, 2.45) is 0 Å². The van der Waals surface area contributed by atoms with Gasteiger partial charge in [0.15, 0.2) is 11.5 Å². The third-order valence-electron chi connectivity index (χ3n) is 4.17. The van der Waals surface area contributed by atoms with Gasteiger partial charge in [-0.2, -0.15) is 0 Å². The van der Waals surface area contributed by atoms with E-state index in [1.54, 1.807) is 6.92 Å². The lowest BCUT2D eigenvalue weighted by Gasteiger charge is -2.32. The number of likely N-dealkylation sites (tertiary alicyclic amines) is 1. The van der Waals surface area contributed by atoms with Crippen LogP contribution in [0, 0.1) is 0 Å². The van der Waals surface area contributed by atoms with Gasteiger partial charge in [-0.15, -0.1) is 0 Å². The summed E-state index contributed by atoms with van der Waals surface area (Å²) >= 11 is 0. The third-order valence-corrected chi connectivity index (χ3v) is 4.17. The fourth-order valence-corrected chi connectivity index (χ4v) is 2.93. The molecule has 1 amide bonds. The molecule has 0 saturated carbocycles. The van der Waals surface area contributed by atoms with Crippen molar-refractivity contribution in [3.63, 3.8) is 0 Å². The Morgan fingerprint density at radius 2 is 2.05 bits per heavy atom. The van der Waals surface area contributed by atoms with Gasteiger partial charge in [0, 0.05) is 38.2 Å². The fourth-order valence-electron chi connectivity index (χ4n) is 2.93. The minimum atomic E-state index is 0.177. The van der Waals surface area contributed by atoms with Gasteiger partial charge >= 0.3 is 0 Å². The van der Waals surface area contributed by atoms with Gasteiger partial charge in [0.25, 0.3) is 0 Å². The molecule has 0 bridgehead atoms. The summed E-state index contributed by atoms with van der Waals surface area (Å²) in [6, 6.07) is 6.48. The number of amides is 1. The van der Waals surface area contributed by atoms with Crippen molar-refractivity contribution in [1.29, 1.82) is 0 Å². The molecule has 0 spiro atoms. The molecule has 0 radical (unpaired) electrons. The van der Waals surface area contributed by atoms with Gasteiger partial charge in [0.1, 0.15) is 13.2 Å². The maximum absolute atomic E-state index is 11.3. The minimum absolute atomic E-state index is 0.177. The summed E-state index contributed by atoms with van der Waals surface area (Å²) in [5.41, 5.74) is 1.14. The van der Waals surface area contributed by atoms with Gasteiger partial charge in [-0.3, -0.25) is 4.79 Å². The summed E-state index contributed by atoms with van der Waals surface area (Å²) in [6.07, 6.45) is 2.01. The number of benzene rings is 1. The van der Waals surface area contributed by atoms with E-state index in [-0.39, 0.29) is 5.91 Å². The minimum Gasteiger partial charge on any atom is -0.486 e. The van der Waals surface area contributed by atoms with Crippen molar-refractivity contribution in [2.45, 2.75) is 32.4 Å². The number of fused-ring (bicyclic) bond motifs is 1. The van der Waals surface area contributed by atoms with Crippen molar-refractivity contribution in [2.75, 3.05) is 26.3 Å². The van der Waals surface area contributed by atoms with Crippen molar-refractivity contribution in [1.82, 2.24) is 10.2 Å². The van der Waals surface area contributed by atoms with Crippen LogP contribution in [0.5, 0.6) is 11.5 Å². The molecule has 1 saturated heterocycles. The Balaban J connectivity index is 1.55. The molecule has 0 atom stereocenters. The molecule has 114 valence electrons. The maximum atomic E-state index is 11.3. The molecule has 2 heterocycles. The van der Waals surface area contributed by atoms with Gasteiger partial charge in [-0.25, -0.2) is 0 Å². The van der Waals surface area contributed by atoms with Crippen LogP contribution in [-0.2, 0) is 11.3 Å². The van der Waals surface area contributed by atoms with Gasteiger partial charge in [0.2, 0.25) is 5.91 Å². The van der Waals surface area contributed by atoms with Crippen LogP contribution in [0.2, 0.25) is 0 Å². The predicted molar refractivity (Wildman–Crippen MR) is 79.5 cm³/mol. The molecule has 5 heteroatoms. The van der Waals surface area contributed by atoms with Crippen molar-refractivity contribution in [3.05, 3.63) is 23.8 Å². The molecule has 3 rings (SSSR count).